The molecule has 3 nitrogen and oxygen atoms in total. The summed E-state index contributed by atoms with van der Waals surface area (Å²) in [4.78, 5) is 15.7. The third-order valence-corrected chi connectivity index (χ3v) is 5.19. The highest BCUT2D eigenvalue weighted by atomic mass is 32.1. The third-order valence-electron chi connectivity index (χ3n) is 4.13. The van der Waals surface area contributed by atoms with Crippen molar-refractivity contribution >= 4 is 22.9 Å². The molecule has 0 unspecified atom stereocenters. The number of rotatable bonds is 4. The maximum Gasteiger partial charge on any atom is 0.240 e. The van der Waals surface area contributed by atoms with Crippen molar-refractivity contribution in [1.82, 2.24) is 5.32 Å². The van der Waals surface area contributed by atoms with Gasteiger partial charge in [0, 0.05) is 17.1 Å². The summed E-state index contributed by atoms with van der Waals surface area (Å²) in [5.41, 5.74) is 3.87. The maximum absolute atomic E-state index is 12.3. The first-order chi connectivity index (χ1) is 10.6. The van der Waals surface area contributed by atoms with Gasteiger partial charge in [-0.25, -0.2) is 0 Å². The van der Waals surface area contributed by atoms with Crippen molar-refractivity contribution in [1.29, 1.82) is 0 Å². The molecule has 0 saturated heterocycles. The van der Waals surface area contributed by atoms with Gasteiger partial charge in [0.15, 0.2) is 0 Å². The molecule has 0 saturated carbocycles. The molecule has 1 aromatic heterocycles. The van der Waals surface area contributed by atoms with Gasteiger partial charge in [-0.05, 0) is 49.8 Å². The molecule has 1 aliphatic rings. The smallest absolute Gasteiger partial charge is 0.240 e. The summed E-state index contributed by atoms with van der Waals surface area (Å²) in [6, 6.07) is 10.7. The standard InChI is InChI=1S/C18H22N2OS/c1-13-7-8-16-15(11-13)5-3-9-20(16)12-18(21)19-14(2)17-6-4-10-22-17/h4,6-8,10-11,14H,3,5,9,12H2,1-2H3,(H,19,21)/t14-/m1/s1. The highest BCUT2D eigenvalue weighted by Gasteiger charge is 2.20. The Labute approximate surface area is 136 Å². The lowest BCUT2D eigenvalue weighted by Crippen LogP contribution is -2.40. The van der Waals surface area contributed by atoms with E-state index >= 15 is 0 Å². The Balaban J connectivity index is 1.65. The quantitative estimate of drug-likeness (QED) is 0.933. The predicted molar refractivity (Wildman–Crippen MR) is 92.6 cm³/mol. The lowest BCUT2D eigenvalue weighted by atomic mass is 9.99. The molecule has 1 atom stereocenters. The molecule has 0 bridgehead atoms. The van der Waals surface area contributed by atoms with Gasteiger partial charge in [-0.1, -0.05) is 23.8 Å². The molecular weight excluding hydrogens is 292 g/mol. The van der Waals surface area contributed by atoms with Crippen LogP contribution in [0.4, 0.5) is 5.69 Å². The molecule has 1 N–H and O–H groups in total. The topological polar surface area (TPSA) is 32.3 Å². The van der Waals surface area contributed by atoms with Gasteiger partial charge >= 0.3 is 0 Å². The van der Waals surface area contributed by atoms with Crippen LogP contribution in [0.1, 0.15) is 35.4 Å². The van der Waals surface area contributed by atoms with Gasteiger partial charge in [0.05, 0.1) is 12.6 Å². The van der Waals surface area contributed by atoms with Crippen LogP contribution < -0.4 is 10.2 Å². The van der Waals surface area contributed by atoms with E-state index in [2.05, 4.69) is 41.4 Å². The number of hydrogen-bond donors (Lipinski definition) is 1. The van der Waals surface area contributed by atoms with E-state index in [1.165, 1.54) is 21.7 Å². The first kappa shape index (κ1) is 15.1. The van der Waals surface area contributed by atoms with Crippen LogP contribution in [0.2, 0.25) is 0 Å². The number of benzene rings is 1. The van der Waals surface area contributed by atoms with E-state index in [-0.39, 0.29) is 11.9 Å². The number of aryl methyl sites for hydroxylation is 2. The van der Waals surface area contributed by atoms with E-state index in [0.29, 0.717) is 6.54 Å². The second kappa shape index (κ2) is 6.53. The van der Waals surface area contributed by atoms with Crippen LogP contribution in [0.25, 0.3) is 0 Å². The van der Waals surface area contributed by atoms with Crippen LogP contribution in [-0.4, -0.2) is 19.0 Å². The molecule has 1 aliphatic heterocycles. The first-order valence-corrected chi connectivity index (χ1v) is 8.68. The third kappa shape index (κ3) is 3.33. The fourth-order valence-corrected chi connectivity index (χ4v) is 3.77. The fourth-order valence-electron chi connectivity index (χ4n) is 3.04. The van der Waals surface area contributed by atoms with Gasteiger partial charge in [0.1, 0.15) is 0 Å². The van der Waals surface area contributed by atoms with Crippen LogP contribution in [0, 0.1) is 6.92 Å². The van der Waals surface area contributed by atoms with E-state index in [1.54, 1.807) is 11.3 Å². The molecule has 1 aromatic carbocycles. The summed E-state index contributed by atoms with van der Waals surface area (Å²) in [7, 11) is 0. The van der Waals surface area contributed by atoms with Crippen molar-refractivity contribution in [2.24, 2.45) is 0 Å². The Morgan fingerprint density at radius 3 is 3.05 bits per heavy atom. The second-order valence-electron chi connectivity index (χ2n) is 5.96. The molecule has 116 valence electrons. The molecular formula is C18H22N2OS. The minimum absolute atomic E-state index is 0.0785. The normalized spacial score (nSPS) is 15.3. The zero-order chi connectivity index (χ0) is 15.5. The number of carbonyl (C=O) groups is 1. The van der Waals surface area contributed by atoms with Crippen LogP contribution in [0.3, 0.4) is 0 Å². The Morgan fingerprint density at radius 1 is 1.41 bits per heavy atom. The predicted octanol–water partition coefficient (Wildman–Crippen LogP) is 3.69. The molecule has 2 aromatic rings. The number of nitrogens with zero attached hydrogens (tertiary/aromatic N) is 1. The Morgan fingerprint density at radius 2 is 2.27 bits per heavy atom. The van der Waals surface area contributed by atoms with Gasteiger partial charge in [-0.2, -0.15) is 0 Å². The molecule has 0 fully saturated rings. The van der Waals surface area contributed by atoms with Gasteiger partial charge < -0.3 is 10.2 Å². The SMILES string of the molecule is Cc1ccc2c(c1)CCCN2CC(=O)N[C@H](C)c1cccs1. The van der Waals surface area contributed by atoms with Gasteiger partial charge in [-0.15, -0.1) is 11.3 Å². The molecule has 22 heavy (non-hydrogen) atoms. The van der Waals surface area contributed by atoms with Crippen molar-refractivity contribution in [2.45, 2.75) is 32.7 Å². The van der Waals surface area contributed by atoms with E-state index in [9.17, 15) is 4.79 Å². The van der Waals surface area contributed by atoms with Crippen LogP contribution in [0.5, 0.6) is 0 Å². The molecule has 0 spiro atoms. The highest BCUT2D eigenvalue weighted by molar-refractivity contribution is 7.10. The van der Waals surface area contributed by atoms with Crippen molar-refractivity contribution in [3.8, 4) is 0 Å². The van der Waals surface area contributed by atoms with E-state index in [4.69, 9.17) is 0 Å². The molecule has 2 heterocycles. The summed E-state index contributed by atoms with van der Waals surface area (Å²) in [5, 5.41) is 5.14. The largest absolute Gasteiger partial charge is 0.362 e. The number of thiophene rings is 1. The first-order valence-electron chi connectivity index (χ1n) is 7.81. The second-order valence-corrected chi connectivity index (χ2v) is 6.94. The minimum Gasteiger partial charge on any atom is -0.362 e. The summed E-state index contributed by atoms with van der Waals surface area (Å²) in [5.74, 6) is 0.0920. The molecule has 1 amide bonds. The lowest BCUT2D eigenvalue weighted by molar-refractivity contribution is -0.120. The highest BCUT2D eigenvalue weighted by Crippen LogP contribution is 2.27. The van der Waals surface area contributed by atoms with Crippen LogP contribution in [0.15, 0.2) is 35.7 Å². The van der Waals surface area contributed by atoms with Gasteiger partial charge in [0.2, 0.25) is 5.91 Å². The van der Waals surface area contributed by atoms with Crippen LogP contribution >= 0.6 is 11.3 Å². The maximum atomic E-state index is 12.3. The fraction of sp³-hybridized carbons (Fsp3) is 0.389. The summed E-state index contributed by atoms with van der Waals surface area (Å²) >= 11 is 1.68. The monoisotopic (exact) mass is 314 g/mol. The van der Waals surface area contributed by atoms with E-state index in [0.717, 1.165) is 19.4 Å². The summed E-state index contributed by atoms with van der Waals surface area (Å²) < 4.78 is 0. The number of nitrogens with one attached hydrogen (secondary N) is 1. The van der Waals surface area contributed by atoms with Crippen molar-refractivity contribution in [2.75, 3.05) is 18.0 Å². The number of anilines is 1. The lowest BCUT2D eigenvalue weighted by Gasteiger charge is -2.31. The number of amides is 1. The van der Waals surface area contributed by atoms with E-state index < -0.39 is 0 Å². The number of fused-ring (bicyclic) bond motifs is 1. The molecule has 0 radical (unpaired) electrons. The van der Waals surface area contributed by atoms with Crippen molar-refractivity contribution < 1.29 is 4.79 Å². The molecule has 4 heteroatoms. The zero-order valence-electron chi connectivity index (χ0n) is 13.1. The zero-order valence-corrected chi connectivity index (χ0v) is 14.0. The number of carbonyl (C=O) groups excluding carboxylic acids is 1. The minimum atomic E-state index is 0.0785. The van der Waals surface area contributed by atoms with Gasteiger partial charge in [-0.3, -0.25) is 4.79 Å². The van der Waals surface area contributed by atoms with Crippen LogP contribution in [-0.2, 0) is 11.2 Å². The Kier molecular flexibility index (Phi) is 4.48. The average molecular weight is 314 g/mol. The number of hydrogen-bond acceptors (Lipinski definition) is 3. The van der Waals surface area contributed by atoms with Crippen molar-refractivity contribution in [3.05, 3.63) is 51.7 Å². The van der Waals surface area contributed by atoms with Crippen molar-refractivity contribution in [3.63, 3.8) is 0 Å². The summed E-state index contributed by atoms with van der Waals surface area (Å²) in [6.07, 6.45) is 2.23. The Hall–Kier alpha value is -1.81. The average Bonchev–Trinajstić information content (AvgIpc) is 3.01. The van der Waals surface area contributed by atoms with E-state index in [1.807, 2.05) is 18.4 Å². The Bertz CT molecular complexity index is 651. The molecule has 3 rings (SSSR count). The summed E-state index contributed by atoms with van der Waals surface area (Å²) in [6.45, 7) is 5.55. The van der Waals surface area contributed by atoms with Gasteiger partial charge in [0.25, 0.3) is 0 Å². The molecule has 0 aliphatic carbocycles.